The molecule has 1 aliphatic rings. The van der Waals surface area contributed by atoms with Crippen LogP contribution in [-0.4, -0.2) is 41.5 Å². The molecule has 0 aromatic carbocycles. The number of nitrogens with one attached hydrogen (secondary N) is 1. The van der Waals surface area contributed by atoms with Crippen molar-refractivity contribution in [2.24, 2.45) is 5.92 Å². The van der Waals surface area contributed by atoms with Gasteiger partial charge in [-0.15, -0.1) is 0 Å². The van der Waals surface area contributed by atoms with Gasteiger partial charge in [0.15, 0.2) is 0 Å². The van der Waals surface area contributed by atoms with Crippen molar-refractivity contribution >= 4 is 17.7 Å². The van der Waals surface area contributed by atoms with Gasteiger partial charge >= 0.3 is 5.97 Å². The van der Waals surface area contributed by atoms with Crippen molar-refractivity contribution in [3.8, 4) is 6.07 Å². The Morgan fingerprint density at radius 1 is 1.44 bits per heavy atom. The number of nitrogens with zero attached hydrogens (tertiary/aromatic N) is 3. The Hall–Kier alpha value is -2.88. The molecule has 132 valence electrons. The van der Waals surface area contributed by atoms with Gasteiger partial charge in [0.2, 0.25) is 0 Å². The summed E-state index contributed by atoms with van der Waals surface area (Å²) in [6.07, 6.45) is 2.48. The van der Waals surface area contributed by atoms with E-state index < -0.39 is 0 Å². The third-order valence-electron chi connectivity index (χ3n) is 4.01. The number of aromatic nitrogens is 1. The maximum Gasteiger partial charge on any atom is 0.309 e. The first-order chi connectivity index (χ1) is 12.0. The summed E-state index contributed by atoms with van der Waals surface area (Å²) in [5.74, 6) is -0.155. The second-order valence-electron chi connectivity index (χ2n) is 5.80. The quantitative estimate of drug-likeness (QED) is 0.500. The van der Waals surface area contributed by atoms with Gasteiger partial charge in [0.1, 0.15) is 17.5 Å². The molecule has 1 aliphatic heterocycles. The minimum absolute atomic E-state index is 0.0119. The highest BCUT2D eigenvalue weighted by Gasteiger charge is 2.29. The molecule has 0 radical (unpaired) electrons. The molecule has 0 saturated carbocycles. The lowest BCUT2D eigenvalue weighted by molar-refractivity contribution is -0.150. The Balaban J connectivity index is 1.95. The van der Waals surface area contributed by atoms with Crippen LogP contribution in [0.1, 0.15) is 25.5 Å². The first kappa shape index (κ1) is 18.5. The summed E-state index contributed by atoms with van der Waals surface area (Å²) >= 11 is 0. The van der Waals surface area contributed by atoms with E-state index in [2.05, 4.69) is 10.3 Å². The maximum atomic E-state index is 12.5. The van der Waals surface area contributed by atoms with Crippen molar-refractivity contribution in [2.45, 2.75) is 26.7 Å². The largest absolute Gasteiger partial charge is 0.466 e. The topological polar surface area (TPSA) is 95.3 Å². The van der Waals surface area contributed by atoms with Crippen molar-refractivity contribution in [1.29, 1.82) is 5.26 Å². The fourth-order valence-electron chi connectivity index (χ4n) is 2.66. The van der Waals surface area contributed by atoms with Gasteiger partial charge in [0.25, 0.3) is 5.91 Å². The normalized spacial score (nSPS) is 15.4. The molecule has 2 heterocycles. The average molecular weight is 342 g/mol. The van der Waals surface area contributed by atoms with Crippen LogP contribution >= 0.6 is 0 Å². The molecule has 2 rings (SSSR count). The summed E-state index contributed by atoms with van der Waals surface area (Å²) in [5.41, 5.74) is 0.849. The van der Waals surface area contributed by atoms with Gasteiger partial charge in [-0.25, -0.2) is 4.98 Å². The lowest BCUT2D eigenvalue weighted by Crippen LogP contribution is -2.41. The van der Waals surface area contributed by atoms with Gasteiger partial charge < -0.3 is 15.0 Å². The summed E-state index contributed by atoms with van der Waals surface area (Å²) < 4.78 is 5.02. The van der Waals surface area contributed by atoms with Crippen molar-refractivity contribution < 1.29 is 14.3 Å². The van der Waals surface area contributed by atoms with Gasteiger partial charge in [0, 0.05) is 25.0 Å². The number of esters is 1. The number of aryl methyl sites for hydroxylation is 1. The number of hydrogen-bond donors (Lipinski definition) is 1. The molecule has 0 atom stereocenters. The van der Waals surface area contributed by atoms with E-state index in [0.29, 0.717) is 38.4 Å². The fourth-order valence-corrected chi connectivity index (χ4v) is 2.66. The van der Waals surface area contributed by atoms with E-state index in [1.807, 2.05) is 25.1 Å². The lowest BCUT2D eigenvalue weighted by atomic mass is 9.96. The first-order valence-electron chi connectivity index (χ1n) is 8.31. The molecular formula is C18H22N4O3. The number of likely N-dealkylation sites (tertiary alicyclic amines) is 1. The molecule has 1 aromatic rings. The summed E-state index contributed by atoms with van der Waals surface area (Å²) in [7, 11) is 0. The zero-order chi connectivity index (χ0) is 18.2. The number of rotatable bonds is 5. The van der Waals surface area contributed by atoms with Gasteiger partial charge in [-0.2, -0.15) is 5.26 Å². The number of carbonyl (C=O) groups excluding carboxylic acids is 2. The molecule has 1 amide bonds. The molecule has 0 spiro atoms. The van der Waals surface area contributed by atoms with Crippen LogP contribution in [0, 0.1) is 24.2 Å². The molecule has 1 saturated heterocycles. The molecule has 25 heavy (non-hydrogen) atoms. The van der Waals surface area contributed by atoms with Crippen LogP contribution in [0.15, 0.2) is 30.0 Å². The summed E-state index contributed by atoms with van der Waals surface area (Å²) in [4.78, 5) is 30.1. The first-order valence-corrected chi connectivity index (χ1v) is 8.31. The highest BCUT2D eigenvalue weighted by molar-refractivity contribution is 5.97. The van der Waals surface area contributed by atoms with Crippen LogP contribution < -0.4 is 5.32 Å². The smallest absolute Gasteiger partial charge is 0.309 e. The van der Waals surface area contributed by atoms with Crippen LogP contribution in [0.2, 0.25) is 0 Å². The van der Waals surface area contributed by atoms with E-state index in [1.54, 1.807) is 17.9 Å². The van der Waals surface area contributed by atoms with Crippen LogP contribution in [0.25, 0.3) is 0 Å². The average Bonchev–Trinajstić information content (AvgIpc) is 2.62. The van der Waals surface area contributed by atoms with E-state index in [9.17, 15) is 14.9 Å². The third-order valence-corrected chi connectivity index (χ3v) is 4.01. The molecule has 0 aliphatic carbocycles. The predicted molar refractivity (Wildman–Crippen MR) is 92.2 cm³/mol. The molecule has 0 unspecified atom stereocenters. The predicted octanol–water partition coefficient (Wildman–Crippen LogP) is 2.01. The van der Waals surface area contributed by atoms with Crippen molar-refractivity contribution in [3.63, 3.8) is 0 Å². The number of hydrogen-bond acceptors (Lipinski definition) is 6. The number of carbonyl (C=O) groups is 2. The van der Waals surface area contributed by atoms with E-state index in [0.717, 1.165) is 5.69 Å². The van der Waals surface area contributed by atoms with Crippen molar-refractivity contribution in [3.05, 3.63) is 35.7 Å². The number of amides is 1. The van der Waals surface area contributed by atoms with E-state index in [4.69, 9.17) is 4.74 Å². The summed E-state index contributed by atoms with van der Waals surface area (Å²) in [6.45, 7) is 4.86. The Morgan fingerprint density at radius 2 is 2.16 bits per heavy atom. The molecular weight excluding hydrogens is 320 g/mol. The van der Waals surface area contributed by atoms with Gasteiger partial charge in [0.05, 0.1) is 12.5 Å². The minimum atomic E-state index is -0.343. The number of nitriles is 1. The zero-order valence-electron chi connectivity index (χ0n) is 14.5. The molecule has 1 fully saturated rings. The third kappa shape index (κ3) is 5.05. The molecule has 7 heteroatoms. The number of anilines is 1. The van der Waals surface area contributed by atoms with Gasteiger partial charge in [-0.3, -0.25) is 9.59 Å². The monoisotopic (exact) mass is 342 g/mol. The zero-order valence-corrected chi connectivity index (χ0v) is 14.5. The Kier molecular flexibility index (Phi) is 6.52. The Morgan fingerprint density at radius 3 is 2.76 bits per heavy atom. The SMILES string of the molecule is CCOC(=O)C1CCN(C(=O)/C(C#N)=C\Nc2cccc(C)n2)CC1. The lowest BCUT2D eigenvalue weighted by Gasteiger charge is -2.30. The number of piperidine rings is 1. The standard InChI is InChI=1S/C18H22N4O3/c1-3-25-18(24)14-7-9-22(10-8-14)17(23)15(11-19)12-20-16-6-4-5-13(2)21-16/h4-6,12,14H,3,7-10H2,1-2H3,(H,20,21)/b15-12-. The second-order valence-corrected chi connectivity index (χ2v) is 5.80. The highest BCUT2D eigenvalue weighted by Crippen LogP contribution is 2.20. The number of pyridine rings is 1. The van der Waals surface area contributed by atoms with Crippen molar-refractivity contribution in [2.75, 3.05) is 25.0 Å². The molecule has 7 nitrogen and oxygen atoms in total. The molecule has 1 aromatic heterocycles. The van der Waals surface area contributed by atoms with Crippen LogP contribution in [0.4, 0.5) is 5.82 Å². The minimum Gasteiger partial charge on any atom is -0.466 e. The van der Waals surface area contributed by atoms with Crippen LogP contribution in [-0.2, 0) is 14.3 Å². The highest BCUT2D eigenvalue weighted by atomic mass is 16.5. The number of ether oxygens (including phenoxy) is 1. The summed E-state index contributed by atoms with van der Waals surface area (Å²) in [6, 6.07) is 7.38. The Bertz CT molecular complexity index is 701. The van der Waals surface area contributed by atoms with Crippen LogP contribution in [0.5, 0.6) is 0 Å². The summed E-state index contributed by atoms with van der Waals surface area (Å²) in [5, 5.41) is 12.2. The maximum absolute atomic E-state index is 12.5. The second kappa shape index (κ2) is 8.83. The fraction of sp³-hybridized carbons (Fsp3) is 0.444. The molecule has 0 bridgehead atoms. The van der Waals surface area contributed by atoms with E-state index in [-0.39, 0.29) is 23.4 Å². The van der Waals surface area contributed by atoms with E-state index in [1.165, 1.54) is 6.20 Å². The van der Waals surface area contributed by atoms with Crippen LogP contribution in [0.3, 0.4) is 0 Å². The van der Waals surface area contributed by atoms with Gasteiger partial charge in [-0.05, 0) is 38.8 Å². The van der Waals surface area contributed by atoms with Gasteiger partial charge in [-0.1, -0.05) is 6.07 Å². The Labute approximate surface area is 147 Å². The molecule has 1 N–H and O–H groups in total. The van der Waals surface area contributed by atoms with Crippen molar-refractivity contribution in [1.82, 2.24) is 9.88 Å². The van der Waals surface area contributed by atoms with E-state index >= 15 is 0 Å².